The number of carbonyl (C=O) groups is 2. The number of hydrogen-bond donors (Lipinski definition) is 0. The molecule has 0 rings (SSSR count). The van der Waals surface area contributed by atoms with Gasteiger partial charge in [0.05, 0.1) is 13.2 Å². The third-order valence-electron chi connectivity index (χ3n) is 4.74. The molecular formula is C24H38O4. The predicted octanol–water partition coefficient (Wildman–Crippen LogP) is 5.58. The van der Waals surface area contributed by atoms with Gasteiger partial charge in [-0.25, -0.2) is 9.59 Å². The van der Waals surface area contributed by atoms with Crippen LogP contribution in [0.1, 0.15) is 103 Å². The van der Waals surface area contributed by atoms with Crippen molar-refractivity contribution < 1.29 is 19.1 Å². The molecular weight excluding hydrogens is 352 g/mol. The van der Waals surface area contributed by atoms with Crippen molar-refractivity contribution in [2.45, 2.75) is 103 Å². The number of terminal acetylenes is 2. The van der Waals surface area contributed by atoms with Gasteiger partial charge in [-0.1, -0.05) is 89.9 Å². The topological polar surface area (TPSA) is 52.6 Å². The zero-order valence-electron chi connectivity index (χ0n) is 17.5. The van der Waals surface area contributed by atoms with Crippen molar-refractivity contribution in [3.05, 3.63) is 0 Å². The third kappa shape index (κ3) is 20.4. The summed E-state index contributed by atoms with van der Waals surface area (Å²) in [7, 11) is 0. The first-order chi connectivity index (χ1) is 13.7. The smallest absolute Gasteiger partial charge is 0.384 e. The molecule has 0 aliphatic rings. The molecule has 0 aliphatic heterocycles. The molecule has 0 aliphatic carbocycles. The Morgan fingerprint density at radius 3 is 0.893 bits per heavy atom. The Labute approximate surface area is 172 Å². The summed E-state index contributed by atoms with van der Waals surface area (Å²) in [6.07, 6.45) is 29.5. The van der Waals surface area contributed by atoms with Crippen LogP contribution in [0.3, 0.4) is 0 Å². The van der Waals surface area contributed by atoms with E-state index in [1.54, 1.807) is 0 Å². The molecule has 0 unspecified atom stereocenters. The van der Waals surface area contributed by atoms with Gasteiger partial charge in [0.2, 0.25) is 0 Å². The Bertz CT molecular complexity index is 426. The number of carbonyl (C=O) groups excluding carboxylic acids is 2. The average Bonchev–Trinajstić information content (AvgIpc) is 2.71. The molecule has 28 heavy (non-hydrogen) atoms. The predicted molar refractivity (Wildman–Crippen MR) is 113 cm³/mol. The van der Waals surface area contributed by atoms with Gasteiger partial charge in [-0.2, -0.15) is 0 Å². The van der Waals surface area contributed by atoms with E-state index in [-0.39, 0.29) is 0 Å². The molecule has 0 spiro atoms. The number of rotatable bonds is 19. The average molecular weight is 391 g/mol. The summed E-state index contributed by atoms with van der Waals surface area (Å²) in [5.41, 5.74) is 0. The molecule has 0 atom stereocenters. The molecule has 4 heteroatoms. The van der Waals surface area contributed by atoms with Gasteiger partial charge in [-0.3, -0.25) is 0 Å². The van der Waals surface area contributed by atoms with Crippen LogP contribution in [0.2, 0.25) is 0 Å². The van der Waals surface area contributed by atoms with Crippen LogP contribution in [0.4, 0.5) is 0 Å². The zero-order valence-corrected chi connectivity index (χ0v) is 17.5. The van der Waals surface area contributed by atoms with E-state index in [4.69, 9.17) is 22.3 Å². The van der Waals surface area contributed by atoms with Crippen LogP contribution in [0.25, 0.3) is 0 Å². The number of ether oxygens (including phenoxy) is 2. The van der Waals surface area contributed by atoms with Crippen LogP contribution in [0.5, 0.6) is 0 Å². The van der Waals surface area contributed by atoms with E-state index in [0.717, 1.165) is 25.7 Å². The lowest BCUT2D eigenvalue weighted by Crippen LogP contribution is -2.02. The van der Waals surface area contributed by atoms with Crippen molar-refractivity contribution in [2.75, 3.05) is 13.2 Å². The summed E-state index contributed by atoms with van der Waals surface area (Å²) in [6.45, 7) is 0.899. The lowest BCUT2D eigenvalue weighted by molar-refractivity contribution is -0.137. The van der Waals surface area contributed by atoms with Gasteiger partial charge in [0.15, 0.2) is 0 Å². The maximum Gasteiger partial charge on any atom is 0.384 e. The fourth-order valence-electron chi connectivity index (χ4n) is 3.09. The second-order valence-corrected chi connectivity index (χ2v) is 7.22. The highest BCUT2D eigenvalue weighted by atomic mass is 16.5. The second kappa shape index (κ2) is 21.4. The first-order valence-electron chi connectivity index (χ1n) is 11.0. The molecule has 0 bridgehead atoms. The lowest BCUT2D eigenvalue weighted by Gasteiger charge is -2.04. The van der Waals surface area contributed by atoms with E-state index in [9.17, 15) is 9.59 Å². The van der Waals surface area contributed by atoms with Gasteiger partial charge < -0.3 is 9.47 Å². The molecule has 0 saturated carbocycles. The van der Waals surface area contributed by atoms with E-state index < -0.39 is 11.9 Å². The number of hydrogen-bond acceptors (Lipinski definition) is 4. The van der Waals surface area contributed by atoms with Gasteiger partial charge in [0.1, 0.15) is 0 Å². The lowest BCUT2D eigenvalue weighted by atomic mass is 10.0. The SMILES string of the molecule is C#CC(=O)OCCCCCCCCCCCCCCCCCCOC(=O)C#C. The van der Waals surface area contributed by atoms with Crippen molar-refractivity contribution in [1.29, 1.82) is 0 Å². The molecule has 0 radical (unpaired) electrons. The Morgan fingerprint density at radius 1 is 0.464 bits per heavy atom. The van der Waals surface area contributed by atoms with E-state index in [1.807, 2.05) is 11.8 Å². The van der Waals surface area contributed by atoms with Crippen molar-refractivity contribution in [2.24, 2.45) is 0 Å². The Kier molecular flexibility index (Phi) is 19.9. The van der Waals surface area contributed by atoms with Crippen LogP contribution in [-0.2, 0) is 19.1 Å². The molecule has 0 aromatic rings. The van der Waals surface area contributed by atoms with Gasteiger partial charge in [0.25, 0.3) is 0 Å². The molecule has 0 N–H and O–H groups in total. The van der Waals surface area contributed by atoms with E-state index in [1.165, 1.54) is 77.0 Å². The fourth-order valence-corrected chi connectivity index (χ4v) is 3.09. The summed E-state index contributed by atoms with van der Waals surface area (Å²) < 4.78 is 9.67. The van der Waals surface area contributed by atoms with Crippen LogP contribution >= 0.6 is 0 Å². The maximum atomic E-state index is 10.7. The van der Waals surface area contributed by atoms with Gasteiger partial charge in [-0.05, 0) is 12.8 Å². The molecule has 4 nitrogen and oxygen atoms in total. The van der Waals surface area contributed by atoms with Crippen molar-refractivity contribution in [3.8, 4) is 24.7 Å². The van der Waals surface area contributed by atoms with Crippen molar-refractivity contribution >= 4 is 11.9 Å². The fraction of sp³-hybridized carbons (Fsp3) is 0.750. The normalized spacial score (nSPS) is 10.1. The minimum Gasteiger partial charge on any atom is -0.456 e. The van der Waals surface area contributed by atoms with Crippen LogP contribution in [0, 0.1) is 24.7 Å². The molecule has 0 amide bonds. The summed E-state index contributed by atoms with van der Waals surface area (Å²) in [6, 6.07) is 0. The maximum absolute atomic E-state index is 10.7. The Morgan fingerprint density at radius 2 is 0.679 bits per heavy atom. The minimum absolute atomic E-state index is 0.449. The van der Waals surface area contributed by atoms with Gasteiger partial charge >= 0.3 is 11.9 Å². The Hall–Kier alpha value is -1.94. The van der Waals surface area contributed by atoms with Crippen molar-refractivity contribution in [1.82, 2.24) is 0 Å². The van der Waals surface area contributed by atoms with Crippen LogP contribution in [-0.4, -0.2) is 25.2 Å². The highest BCUT2D eigenvalue weighted by Crippen LogP contribution is 2.13. The third-order valence-corrected chi connectivity index (χ3v) is 4.74. The molecule has 0 heterocycles. The minimum atomic E-state index is -0.555. The van der Waals surface area contributed by atoms with Crippen LogP contribution in [0.15, 0.2) is 0 Å². The highest BCUT2D eigenvalue weighted by Gasteiger charge is 1.98. The molecule has 0 fully saturated rings. The summed E-state index contributed by atoms with van der Waals surface area (Å²) >= 11 is 0. The Balaban J connectivity index is 3.07. The van der Waals surface area contributed by atoms with E-state index in [0.29, 0.717) is 13.2 Å². The molecule has 0 aromatic carbocycles. The first-order valence-corrected chi connectivity index (χ1v) is 11.0. The first kappa shape index (κ1) is 26.1. The summed E-state index contributed by atoms with van der Waals surface area (Å²) in [4.78, 5) is 21.5. The molecule has 0 saturated heterocycles. The summed E-state index contributed by atoms with van der Waals surface area (Å²) in [5, 5.41) is 0. The van der Waals surface area contributed by atoms with Crippen LogP contribution < -0.4 is 0 Å². The molecule has 0 aromatic heterocycles. The second-order valence-electron chi connectivity index (χ2n) is 7.22. The molecule has 158 valence electrons. The summed E-state index contributed by atoms with van der Waals surface area (Å²) in [5.74, 6) is 2.79. The monoisotopic (exact) mass is 390 g/mol. The zero-order chi connectivity index (χ0) is 20.7. The number of unbranched alkanes of at least 4 members (excludes halogenated alkanes) is 15. The highest BCUT2D eigenvalue weighted by molar-refractivity contribution is 5.87. The largest absolute Gasteiger partial charge is 0.456 e. The van der Waals surface area contributed by atoms with Gasteiger partial charge in [-0.15, -0.1) is 12.8 Å². The van der Waals surface area contributed by atoms with E-state index in [2.05, 4.69) is 0 Å². The van der Waals surface area contributed by atoms with Crippen molar-refractivity contribution in [3.63, 3.8) is 0 Å². The standard InChI is InChI=1S/C24H38O4/c1-3-23(25)27-21-19-17-15-13-11-9-7-5-6-8-10-12-14-16-18-20-22-28-24(26)4-2/h1-2H,5-22H2. The number of esters is 2. The quantitative estimate of drug-likeness (QED) is 0.125. The van der Waals surface area contributed by atoms with E-state index >= 15 is 0 Å². The van der Waals surface area contributed by atoms with Gasteiger partial charge in [0, 0.05) is 11.8 Å².